The Morgan fingerprint density at radius 3 is 2.74 bits per heavy atom. The maximum atomic E-state index is 13.0. The lowest BCUT2D eigenvalue weighted by molar-refractivity contribution is -0.120. The molecule has 3 aromatic rings. The van der Waals surface area contributed by atoms with Crippen LogP contribution >= 0.6 is 11.6 Å². The number of carbonyl (C=O) groups excluding carboxylic acids is 1. The molecule has 5 rings (SSSR count). The van der Waals surface area contributed by atoms with Crippen molar-refractivity contribution in [1.29, 1.82) is 0 Å². The predicted octanol–water partition coefficient (Wildman–Crippen LogP) is 3.82. The number of anilines is 2. The smallest absolute Gasteiger partial charge is 0.271 e. The van der Waals surface area contributed by atoms with Gasteiger partial charge in [-0.2, -0.15) is 4.68 Å². The van der Waals surface area contributed by atoms with Crippen molar-refractivity contribution in [2.75, 3.05) is 36.5 Å². The summed E-state index contributed by atoms with van der Waals surface area (Å²) in [7, 11) is 0. The minimum absolute atomic E-state index is 0.0555. The van der Waals surface area contributed by atoms with Crippen LogP contribution in [0.3, 0.4) is 0 Å². The number of halogens is 1. The van der Waals surface area contributed by atoms with Gasteiger partial charge >= 0.3 is 0 Å². The van der Waals surface area contributed by atoms with E-state index in [0.717, 1.165) is 24.9 Å². The number of aryl methyl sites for hydroxylation is 1. The van der Waals surface area contributed by atoms with Gasteiger partial charge in [-0.1, -0.05) is 17.7 Å². The summed E-state index contributed by atoms with van der Waals surface area (Å²) in [5.74, 6) is 1.70. The average Bonchev–Trinajstić information content (AvgIpc) is 2.86. The van der Waals surface area contributed by atoms with Crippen LogP contribution in [0.2, 0.25) is 5.02 Å². The summed E-state index contributed by atoms with van der Waals surface area (Å²) in [5.41, 5.74) is 1.97. The Morgan fingerprint density at radius 1 is 1.09 bits per heavy atom. The number of amides is 1. The molecule has 1 atom stereocenters. The molecule has 2 aliphatic rings. The number of benzene rings is 2. The lowest BCUT2D eigenvalue weighted by Crippen LogP contribution is -2.41. The highest BCUT2D eigenvalue weighted by Crippen LogP contribution is 2.33. The van der Waals surface area contributed by atoms with Crippen LogP contribution in [0.1, 0.15) is 18.4 Å². The molecular weight excluding hydrogens is 456 g/mol. The Bertz CT molecular complexity index is 1290. The van der Waals surface area contributed by atoms with E-state index in [0.29, 0.717) is 53.5 Å². The fourth-order valence-corrected chi connectivity index (χ4v) is 4.41. The molecule has 34 heavy (non-hydrogen) atoms. The highest BCUT2D eigenvalue weighted by atomic mass is 35.5. The van der Waals surface area contributed by atoms with Gasteiger partial charge in [-0.3, -0.25) is 9.59 Å². The van der Waals surface area contributed by atoms with Crippen molar-refractivity contribution in [3.63, 3.8) is 0 Å². The molecule has 8 nitrogen and oxygen atoms in total. The van der Waals surface area contributed by atoms with E-state index in [1.807, 2.05) is 36.1 Å². The summed E-state index contributed by atoms with van der Waals surface area (Å²) in [6.07, 6.45) is 1.62. The molecule has 1 unspecified atom stereocenters. The maximum absolute atomic E-state index is 13.0. The number of nitrogens with zero attached hydrogens (tertiary/aromatic N) is 3. The van der Waals surface area contributed by atoms with Gasteiger partial charge in [-0.05, 0) is 55.7 Å². The SMILES string of the molecule is Cc1ccc(-n2nc(N3CCCC(C(=O)Nc4ccc5c(c4)OCCO5)C3)ccc2=O)cc1Cl. The Balaban J connectivity index is 1.32. The number of carbonyl (C=O) groups is 1. The van der Waals surface area contributed by atoms with Gasteiger partial charge in [0.25, 0.3) is 5.56 Å². The highest BCUT2D eigenvalue weighted by Gasteiger charge is 2.27. The zero-order chi connectivity index (χ0) is 23.7. The molecule has 3 heterocycles. The predicted molar refractivity (Wildman–Crippen MR) is 131 cm³/mol. The molecule has 1 fully saturated rings. The Labute approximate surface area is 202 Å². The lowest BCUT2D eigenvalue weighted by atomic mass is 9.97. The molecule has 2 aromatic carbocycles. The first-order valence-corrected chi connectivity index (χ1v) is 11.7. The van der Waals surface area contributed by atoms with Gasteiger partial charge in [0, 0.05) is 35.9 Å². The molecule has 9 heteroatoms. The van der Waals surface area contributed by atoms with Crippen molar-refractivity contribution < 1.29 is 14.3 Å². The van der Waals surface area contributed by atoms with Gasteiger partial charge in [-0.15, -0.1) is 5.10 Å². The summed E-state index contributed by atoms with van der Waals surface area (Å²) in [6.45, 7) is 4.19. The van der Waals surface area contributed by atoms with Gasteiger partial charge in [0.05, 0.1) is 11.6 Å². The van der Waals surface area contributed by atoms with E-state index in [-0.39, 0.29) is 17.4 Å². The normalized spacial score (nSPS) is 17.4. The number of aromatic nitrogens is 2. The van der Waals surface area contributed by atoms with Crippen LogP contribution in [0.25, 0.3) is 5.69 Å². The van der Waals surface area contributed by atoms with Crippen LogP contribution in [0.5, 0.6) is 11.5 Å². The zero-order valence-corrected chi connectivity index (χ0v) is 19.5. The van der Waals surface area contributed by atoms with E-state index in [2.05, 4.69) is 10.4 Å². The second kappa shape index (κ2) is 9.38. The number of ether oxygens (including phenoxy) is 2. The first-order valence-electron chi connectivity index (χ1n) is 11.3. The lowest BCUT2D eigenvalue weighted by Gasteiger charge is -2.33. The van der Waals surface area contributed by atoms with Crippen LogP contribution in [0, 0.1) is 12.8 Å². The third kappa shape index (κ3) is 4.59. The molecule has 1 N–H and O–H groups in total. The summed E-state index contributed by atoms with van der Waals surface area (Å²) >= 11 is 6.25. The Kier molecular flexibility index (Phi) is 6.15. The molecule has 1 aromatic heterocycles. The van der Waals surface area contributed by atoms with Crippen LogP contribution in [-0.4, -0.2) is 42.0 Å². The molecular formula is C25H25ClN4O4. The van der Waals surface area contributed by atoms with Gasteiger partial charge < -0.3 is 19.7 Å². The fraction of sp³-hybridized carbons (Fsp3) is 0.320. The van der Waals surface area contributed by atoms with Crippen molar-refractivity contribution >= 4 is 29.0 Å². The van der Waals surface area contributed by atoms with E-state index >= 15 is 0 Å². The second-order valence-corrected chi connectivity index (χ2v) is 8.92. The largest absolute Gasteiger partial charge is 0.486 e. The summed E-state index contributed by atoms with van der Waals surface area (Å²) in [5, 5.41) is 8.15. The maximum Gasteiger partial charge on any atom is 0.271 e. The third-order valence-corrected chi connectivity index (χ3v) is 6.52. The summed E-state index contributed by atoms with van der Waals surface area (Å²) in [6, 6.07) is 14.0. The number of rotatable bonds is 4. The first kappa shape index (κ1) is 22.3. The van der Waals surface area contributed by atoms with Crippen molar-refractivity contribution in [1.82, 2.24) is 9.78 Å². The number of hydrogen-bond acceptors (Lipinski definition) is 6. The Hall–Kier alpha value is -3.52. The second-order valence-electron chi connectivity index (χ2n) is 8.51. The molecule has 0 bridgehead atoms. The van der Waals surface area contributed by atoms with E-state index in [4.69, 9.17) is 21.1 Å². The van der Waals surface area contributed by atoms with Crippen molar-refractivity contribution in [2.45, 2.75) is 19.8 Å². The molecule has 1 amide bonds. The molecule has 0 spiro atoms. The highest BCUT2D eigenvalue weighted by molar-refractivity contribution is 6.31. The molecule has 176 valence electrons. The number of fused-ring (bicyclic) bond motifs is 1. The van der Waals surface area contributed by atoms with Gasteiger partial charge in [-0.25, -0.2) is 0 Å². The fourth-order valence-electron chi connectivity index (χ4n) is 4.23. The van der Waals surface area contributed by atoms with Crippen molar-refractivity contribution in [3.8, 4) is 17.2 Å². The monoisotopic (exact) mass is 480 g/mol. The average molecular weight is 481 g/mol. The minimum Gasteiger partial charge on any atom is -0.486 e. The standard InChI is InChI=1S/C25H25ClN4O4/c1-16-4-6-19(14-20(16)26)30-24(31)9-8-23(28-30)29-10-2-3-17(15-29)25(32)27-18-5-7-21-22(13-18)34-12-11-33-21/h4-9,13-14,17H,2-3,10-12,15H2,1H3,(H,27,32). The Morgan fingerprint density at radius 2 is 1.91 bits per heavy atom. The van der Waals surface area contributed by atoms with E-state index in [9.17, 15) is 9.59 Å². The van der Waals surface area contributed by atoms with Gasteiger partial charge in [0.2, 0.25) is 5.91 Å². The van der Waals surface area contributed by atoms with Crippen LogP contribution in [-0.2, 0) is 4.79 Å². The zero-order valence-electron chi connectivity index (χ0n) is 18.8. The van der Waals surface area contributed by atoms with Crippen LogP contribution in [0.4, 0.5) is 11.5 Å². The molecule has 0 aliphatic carbocycles. The first-order chi connectivity index (χ1) is 16.5. The molecule has 1 saturated heterocycles. The number of nitrogens with one attached hydrogen (secondary N) is 1. The molecule has 0 saturated carbocycles. The third-order valence-electron chi connectivity index (χ3n) is 6.11. The number of hydrogen-bond donors (Lipinski definition) is 1. The number of piperidine rings is 1. The van der Waals surface area contributed by atoms with Crippen molar-refractivity contribution in [2.24, 2.45) is 5.92 Å². The van der Waals surface area contributed by atoms with E-state index in [1.165, 1.54) is 10.7 Å². The van der Waals surface area contributed by atoms with Crippen molar-refractivity contribution in [3.05, 3.63) is 69.5 Å². The minimum atomic E-state index is -0.242. The van der Waals surface area contributed by atoms with E-state index < -0.39 is 0 Å². The molecule has 0 radical (unpaired) electrons. The van der Waals surface area contributed by atoms with E-state index in [1.54, 1.807) is 18.2 Å². The van der Waals surface area contributed by atoms with Gasteiger partial charge in [0.15, 0.2) is 11.5 Å². The van der Waals surface area contributed by atoms with Crippen LogP contribution in [0.15, 0.2) is 53.3 Å². The topological polar surface area (TPSA) is 85.7 Å². The van der Waals surface area contributed by atoms with Gasteiger partial charge in [0.1, 0.15) is 19.0 Å². The quantitative estimate of drug-likeness (QED) is 0.611. The molecule has 2 aliphatic heterocycles. The summed E-state index contributed by atoms with van der Waals surface area (Å²) in [4.78, 5) is 27.6. The summed E-state index contributed by atoms with van der Waals surface area (Å²) < 4.78 is 12.5. The van der Waals surface area contributed by atoms with Crippen LogP contribution < -0.4 is 25.2 Å².